The fourth-order valence-corrected chi connectivity index (χ4v) is 3.18. The van der Waals surface area contributed by atoms with Crippen molar-refractivity contribution in [2.75, 3.05) is 14.2 Å². The Morgan fingerprint density at radius 3 is 2.53 bits per heavy atom. The van der Waals surface area contributed by atoms with Gasteiger partial charge in [-0.2, -0.15) is 0 Å². The topological polar surface area (TPSA) is 38.3 Å². The van der Waals surface area contributed by atoms with Crippen molar-refractivity contribution >= 4 is 29.3 Å². The van der Waals surface area contributed by atoms with Crippen LogP contribution >= 0.6 is 23.4 Å². The average molecular weight is 302 g/mol. The van der Waals surface area contributed by atoms with Crippen LogP contribution in [0.2, 0.25) is 5.02 Å². The Morgan fingerprint density at radius 2 is 2.05 bits per heavy atom. The summed E-state index contributed by atoms with van der Waals surface area (Å²) in [5.41, 5.74) is -0.659. The normalized spacial score (nSPS) is 15.6. The van der Waals surface area contributed by atoms with Gasteiger partial charge < -0.3 is 10.1 Å². The van der Waals surface area contributed by atoms with Crippen molar-refractivity contribution < 1.29 is 9.53 Å². The molecule has 3 nitrogen and oxygen atoms in total. The molecule has 0 bridgehead atoms. The summed E-state index contributed by atoms with van der Waals surface area (Å²) < 4.78 is 4.84. The van der Waals surface area contributed by atoms with Crippen molar-refractivity contribution in [3.8, 4) is 0 Å². The molecule has 0 amide bonds. The third-order valence-corrected chi connectivity index (χ3v) is 4.40. The van der Waals surface area contributed by atoms with Crippen molar-refractivity contribution in [3.05, 3.63) is 29.3 Å². The molecule has 0 heterocycles. The van der Waals surface area contributed by atoms with E-state index in [1.807, 2.05) is 31.2 Å². The first-order chi connectivity index (χ1) is 8.91. The average Bonchev–Trinajstić information content (AvgIpc) is 2.40. The van der Waals surface area contributed by atoms with Crippen LogP contribution in [0.15, 0.2) is 29.2 Å². The van der Waals surface area contributed by atoms with Gasteiger partial charge in [-0.3, -0.25) is 4.79 Å². The number of hydrogen-bond acceptors (Lipinski definition) is 4. The van der Waals surface area contributed by atoms with E-state index >= 15 is 0 Å². The molecule has 2 atom stereocenters. The van der Waals surface area contributed by atoms with Gasteiger partial charge in [0.05, 0.1) is 7.11 Å². The number of thioether (sulfide) groups is 1. The quantitative estimate of drug-likeness (QED) is 0.646. The molecule has 5 heteroatoms. The Labute approximate surface area is 124 Å². The number of halogens is 1. The van der Waals surface area contributed by atoms with Crippen molar-refractivity contribution in [2.24, 2.45) is 0 Å². The van der Waals surface area contributed by atoms with Crippen LogP contribution in [0.1, 0.15) is 20.3 Å². The summed E-state index contributed by atoms with van der Waals surface area (Å²) >= 11 is 7.57. The number of benzene rings is 1. The maximum absolute atomic E-state index is 11.8. The molecule has 1 N–H and O–H groups in total. The minimum atomic E-state index is -0.659. The van der Waals surface area contributed by atoms with E-state index in [-0.39, 0.29) is 11.2 Å². The van der Waals surface area contributed by atoms with E-state index in [0.717, 1.165) is 9.92 Å². The summed E-state index contributed by atoms with van der Waals surface area (Å²) in [4.78, 5) is 12.9. The van der Waals surface area contributed by atoms with Crippen LogP contribution in [0, 0.1) is 0 Å². The minimum absolute atomic E-state index is 0.237. The number of ether oxygens (including phenoxy) is 1. The lowest BCUT2D eigenvalue weighted by molar-refractivity contribution is -0.147. The zero-order chi connectivity index (χ0) is 14.5. The Bertz CT molecular complexity index is 424. The van der Waals surface area contributed by atoms with E-state index in [0.29, 0.717) is 6.42 Å². The van der Waals surface area contributed by atoms with Gasteiger partial charge >= 0.3 is 5.97 Å². The minimum Gasteiger partial charge on any atom is -0.468 e. The largest absolute Gasteiger partial charge is 0.468 e. The first kappa shape index (κ1) is 16.3. The summed E-state index contributed by atoms with van der Waals surface area (Å²) in [6, 6.07) is 7.71. The summed E-state index contributed by atoms with van der Waals surface area (Å²) in [5, 5.41) is 4.05. The molecule has 106 valence electrons. The number of carbonyl (C=O) groups excluding carboxylic acids is 1. The maximum atomic E-state index is 11.8. The van der Waals surface area contributed by atoms with Crippen LogP contribution in [0.25, 0.3) is 0 Å². The third kappa shape index (κ3) is 4.71. The zero-order valence-corrected chi connectivity index (χ0v) is 13.3. The highest BCUT2D eigenvalue weighted by molar-refractivity contribution is 7.99. The molecule has 0 radical (unpaired) electrons. The second-order valence-corrected chi connectivity index (χ2v) is 6.61. The van der Waals surface area contributed by atoms with Gasteiger partial charge in [0.25, 0.3) is 0 Å². The lowest BCUT2D eigenvalue weighted by atomic mass is 9.96. The molecular formula is C14H20ClNO2S. The van der Waals surface area contributed by atoms with Crippen molar-refractivity contribution in [3.63, 3.8) is 0 Å². The SMILES string of the molecule is CNC(C)(CC(C)Sc1ccc(Cl)cc1)C(=O)OC. The Morgan fingerprint density at radius 1 is 1.47 bits per heavy atom. The fraction of sp³-hybridized carbons (Fsp3) is 0.500. The van der Waals surface area contributed by atoms with Gasteiger partial charge in [-0.05, 0) is 44.7 Å². The lowest BCUT2D eigenvalue weighted by Crippen LogP contribution is -2.49. The lowest BCUT2D eigenvalue weighted by Gasteiger charge is -2.28. The maximum Gasteiger partial charge on any atom is 0.325 e. The highest BCUT2D eigenvalue weighted by Gasteiger charge is 2.34. The van der Waals surface area contributed by atoms with E-state index in [4.69, 9.17) is 16.3 Å². The summed E-state index contributed by atoms with van der Waals surface area (Å²) in [7, 11) is 3.19. The Hall–Kier alpha value is -0.710. The van der Waals surface area contributed by atoms with E-state index < -0.39 is 5.54 Å². The van der Waals surface area contributed by atoms with E-state index in [9.17, 15) is 4.79 Å². The van der Waals surface area contributed by atoms with Gasteiger partial charge in [-0.15, -0.1) is 11.8 Å². The van der Waals surface area contributed by atoms with Gasteiger partial charge in [0.15, 0.2) is 0 Å². The third-order valence-electron chi connectivity index (χ3n) is 3.03. The Balaban J connectivity index is 2.65. The van der Waals surface area contributed by atoms with E-state index in [1.165, 1.54) is 7.11 Å². The number of likely N-dealkylation sites (N-methyl/N-ethyl adjacent to an activating group) is 1. The van der Waals surface area contributed by atoms with Crippen molar-refractivity contribution in [1.82, 2.24) is 5.32 Å². The number of esters is 1. The van der Waals surface area contributed by atoms with Crippen LogP contribution in [0.5, 0.6) is 0 Å². The first-order valence-corrected chi connectivity index (χ1v) is 7.36. The van der Waals surface area contributed by atoms with Gasteiger partial charge in [0.1, 0.15) is 5.54 Å². The first-order valence-electron chi connectivity index (χ1n) is 6.11. The molecule has 0 aliphatic heterocycles. The predicted molar refractivity (Wildman–Crippen MR) is 80.9 cm³/mol. The van der Waals surface area contributed by atoms with Gasteiger partial charge in [-0.25, -0.2) is 0 Å². The molecular weight excluding hydrogens is 282 g/mol. The molecule has 0 aliphatic carbocycles. The number of rotatable bonds is 6. The van der Waals surface area contributed by atoms with E-state index in [2.05, 4.69) is 12.2 Å². The zero-order valence-electron chi connectivity index (χ0n) is 11.7. The molecule has 2 unspecified atom stereocenters. The second-order valence-electron chi connectivity index (χ2n) is 4.66. The number of nitrogens with one attached hydrogen (secondary N) is 1. The Kier molecular flexibility index (Phi) is 6.17. The highest BCUT2D eigenvalue weighted by atomic mass is 35.5. The van der Waals surface area contributed by atoms with Crippen LogP contribution in [-0.2, 0) is 9.53 Å². The number of carbonyl (C=O) groups is 1. The van der Waals surface area contributed by atoms with E-state index in [1.54, 1.807) is 18.8 Å². The second kappa shape index (κ2) is 7.17. The van der Waals surface area contributed by atoms with Crippen LogP contribution in [0.4, 0.5) is 0 Å². The molecule has 0 saturated heterocycles. The molecule has 0 aromatic heterocycles. The highest BCUT2D eigenvalue weighted by Crippen LogP contribution is 2.29. The monoisotopic (exact) mass is 301 g/mol. The van der Waals surface area contributed by atoms with Gasteiger partial charge in [0.2, 0.25) is 0 Å². The summed E-state index contributed by atoms with van der Waals surface area (Å²) in [5.74, 6) is -0.237. The molecule has 0 saturated carbocycles. The summed E-state index contributed by atoms with van der Waals surface area (Å²) in [6.45, 7) is 3.95. The van der Waals surface area contributed by atoms with Crippen molar-refractivity contribution in [2.45, 2.75) is 36.0 Å². The standard InChI is InChI=1S/C14H20ClNO2S/c1-10(9-14(2,16-3)13(17)18-4)19-12-7-5-11(15)6-8-12/h5-8,10,16H,9H2,1-4H3. The fourth-order valence-electron chi connectivity index (χ4n) is 1.87. The van der Waals surface area contributed by atoms with Crippen molar-refractivity contribution in [1.29, 1.82) is 0 Å². The van der Waals surface area contributed by atoms with Gasteiger partial charge in [0, 0.05) is 15.2 Å². The van der Waals surface area contributed by atoms with Crippen LogP contribution in [0.3, 0.4) is 0 Å². The predicted octanol–water partition coefficient (Wildman–Crippen LogP) is 3.36. The van der Waals surface area contributed by atoms with Crippen LogP contribution < -0.4 is 5.32 Å². The van der Waals surface area contributed by atoms with Gasteiger partial charge in [-0.1, -0.05) is 18.5 Å². The molecule has 19 heavy (non-hydrogen) atoms. The number of hydrogen-bond donors (Lipinski definition) is 1. The molecule has 0 aliphatic rings. The number of methoxy groups -OCH3 is 1. The molecule has 1 rings (SSSR count). The molecule has 0 fully saturated rings. The molecule has 1 aromatic rings. The van der Waals surface area contributed by atoms with Crippen LogP contribution in [-0.4, -0.2) is 30.9 Å². The molecule has 1 aromatic carbocycles. The summed E-state index contributed by atoms with van der Waals surface area (Å²) in [6.07, 6.45) is 0.684. The smallest absolute Gasteiger partial charge is 0.325 e. The molecule has 0 spiro atoms.